The van der Waals surface area contributed by atoms with Crippen molar-refractivity contribution in [1.82, 2.24) is 0 Å². The van der Waals surface area contributed by atoms with Crippen molar-refractivity contribution in [3.8, 4) is 0 Å². The van der Waals surface area contributed by atoms with Crippen LogP contribution >= 0.6 is 55.1 Å². The Bertz CT molecular complexity index is 570. The van der Waals surface area contributed by atoms with Crippen molar-refractivity contribution in [3.05, 3.63) is 67.6 Å². The highest BCUT2D eigenvalue weighted by molar-refractivity contribution is 9.10. The summed E-state index contributed by atoms with van der Waals surface area (Å²) in [4.78, 5) is 0. The highest BCUT2D eigenvalue weighted by Crippen LogP contribution is 2.31. The number of hydrogen-bond donors (Lipinski definition) is 0. The summed E-state index contributed by atoms with van der Waals surface area (Å²) in [5.41, 5.74) is 2.34. The molecule has 2 aromatic carbocycles. The molecule has 0 saturated carbocycles. The van der Waals surface area contributed by atoms with E-state index in [0.29, 0.717) is 5.88 Å². The van der Waals surface area contributed by atoms with E-state index in [4.69, 9.17) is 23.2 Å². The molecule has 0 aliphatic heterocycles. The van der Waals surface area contributed by atoms with Crippen LogP contribution in [0.25, 0.3) is 0 Å². The summed E-state index contributed by atoms with van der Waals surface area (Å²) in [6, 6.07) is 14.1. The smallest absolute Gasteiger partial charge is 0.0449 e. The first-order chi connectivity index (χ1) is 9.11. The highest BCUT2D eigenvalue weighted by Gasteiger charge is 2.15. The zero-order chi connectivity index (χ0) is 13.8. The zero-order valence-corrected chi connectivity index (χ0v) is 14.7. The first-order valence-electron chi connectivity index (χ1n) is 5.86. The summed E-state index contributed by atoms with van der Waals surface area (Å²) in [6.45, 7) is 0. The molecule has 0 amide bonds. The van der Waals surface area contributed by atoms with E-state index in [9.17, 15) is 0 Å². The molecule has 0 N–H and O–H groups in total. The van der Waals surface area contributed by atoms with Gasteiger partial charge in [0.15, 0.2) is 0 Å². The number of alkyl halides is 1. The van der Waals surface area contributed by atoms with Gasteiger partial charge in [0, 0.05) is 25.8 Å². The summed E-state index contributed by atoms with van der Waals surface area (Å²) in [5.74, 6) is 0.811. The maximum absolute atomic E-state index is 6.27. The van der Waals surface area contributed by atoms with Gasteiger partial charge in [-0.3, -0.25) is 0 Å². The molecule has 0 heterocycles. The van der Waals surface area contributed by atoms with Gasteiger partial charge in [-0.05, 0) is 35.7 Å². The van der Waals surface area contributed by atoms with Crippen LogP contribution in [-0.2, 0) is 6.42 Å². The molecule has 0 nitrogen and oxygen atoms in total. The van der Waals surface area contributed by atoms with Gasteiger partial charge in [0.05, 0.1) is 0 Å². The Balaban J connectivity index is 2.27. The van der Waals surface area contributed by atoms with Crippen molar-refractivity contribution in [2.75, 3.05) is 5.88 Å². The van der Waals surface area contributed by atoms with Gasteiger partial charge in [-0.15, -0.1) is 11.6 Å². The first kappa shape index (κ1) is 15.4. The van der Waals surface area contributed by atoms with Crippen LogP contribution < -0.4 is 0 Å². The Morgan fingerprint density at radius 3 is 2.42 bits per heavy atom. The third-order valence-corrected chi connectivity index (χ3v) is 4.95. The lowest BCUT2D eigenvalue weighted by Gasteiger charge is -2.17. The molecule has 0 radical (unpaired) electrons. The third kappa shape index (κ3) is 3.98. The fourth-order valence-corrected chi connectivity index (χ4v) is 3.64. The Hall–Kier alpha value is -0.0200. The van der Waals surface area contributed by atoms with Gasteiger partial charge in [0.1, 0.15) is 0 Å². The van der Waals surface area contributed by atoms with Crippen LogP contribution in [0.15, 0.2) is 51.4 Å². The molecular weight excluding hydrogens is 411 g/mol. The van der Waals surface area contributed by atoms with Crippen LogP contribution in [0.4, 0.5) is 0 Å². The third-order valence-electron chi connectivity index (χ3n) is 3.01. The van der Waals surface area contributed by atoms with Gasteiger partial charge in [0.2, 0.25) is 0 Å². The van der Waals surface area contributed by atoms with Gasteiger partial charge in [0.25, 0.3) is 0 Å². The number of benzene rings is 2. The van der Waals surface area contributed by atoms with Crippen molar-refractivity contribution >= 4 is 55.1 Å². The average molecular weight is 423 g/mol. The average Bonchev–Trinajstić information content (AvgIpc) is 2.39. The first-order valence-corrected chi connectivity index (χ1v) is 8.36. The number of rotatable bonds is 4. The van der Waals surface area contributed by atoms with E-state index >= 15 is 0 Å². The van der Waals surface area contributed by atoms with Crippen molar-refractivity contribution in [2.45, 2.75) is 12.3 Å². The van der Waals surface area contributed by atoms with Gasteiger partial charge in [-0.25, -0.2) is 0 Å². The molecule has 4 heteroatoms. The predicted molar refractivity (Wildman–Crippen MR) is 90.5 cm³/mol. The Labute approximate surface area is 140 Å². The lowest BCUT2D eigenvalue weighted by molar-refractivity contribution is 0.762. The molecular formula is C15H12Br2Cl2. The van der Waals surface area contributed by atoms with Crippen LogP contribution in [0.2, 0.25) is 5.02 Å². The monoisotopic (exact) mass is 420 g/mol. The summed E-state index contributed by atoms with van der Waals surface area (Å²) in [7, 11) is 0. The van der Waals surface area contributed by atoms with E-state index in [-0.39, 0.29) is 5.92 Å². The minimum atomic E-state index is 0.246. The Morgan fingerprint density at radius 2 is 1.79 bits per heavy atom. The molecule has 1 unspecified atom stereocenters. The van der Waals surface area contributed by atoms with E-state index in [1.165, 1.54) is 5.56 Å². The maximum atomic E-state index is 6.27. The van der Waals surface area contributed by atoms with Gasteiger partial charge in [-0.1, -0.05) is 67.7 Å². The Kier molecular flexibility index (Phi) is 5.76. The van der Waals surface area contributed by atoms with Crippen molar-refractivity contribution in [2.24, 2.45) is 0 Å². The standard InChI is InChI=1S/C15H12Br2Cl2/c16-12-6-5-10(15(19)8-12)7-11(9-18)13-3-1-2-4-14(13)17/h1-6,8,11H,7,9H2. The van der Waals surface area contributed by atoms with E-state index in [1.54, 1.807) is 0 Å². The molecule has 0 bridgehead atoms. The molecule has 19 heavy (non-hydrogen) atoms. The second-order valence-corrected chi connectivity index (χ2v) is 6.80. The van der Waals surface area contributed by atoms with E-state index in [2.05, 4.69) is 37.9 Å². The van der Waals surface area contributed by atoms with Crippen LogP contribution in [0.5, 0.6) is 0 Å². The largest absolute Gasteiger partial charge is 0.126 e. The fourth-order valence-electron chi connectivity index (χ4n) is 2.01. The molecule has 2 rings (SSSR count). The molecule has 0 aliphatic carbocycles. The summed E-state index contributed by atoms with van der Waals surface area (Å²) < 4.78 is 2.08. The topological polar surface area (TPSA) is 0 Å². The second kappa shape index (κ2) is 7.12. The minimum Gasteiger partial charge on any atom is -0.126 e. The van der Waals surface area contributed by atoms with E-state index in [0.717, 1.165) is 26.0 Å². The predicted octanol–water partition coefficient (Wildman–Crippen LogP) is 6.43. The summed E-state index contributed by atoms with van der Waals surface area (Å²) >= 11 is 19.4. The lowest BCUT2D eigenvalue weighted by atomic mass is 9.93. The molecule has 0 saturated heterocycles. The molecule has 0 aliphatic rings. The van der Waals surface area contributed by atoms with Gasteiger partial charge < -0.3 is 0 Å². The van der Waals surface area contributed by atoms with Crippen molar-refractivity contribution in [3.63, 3.8) is 0 Å². The number of halogens is 4. The second-order valence-electron chi connectivity index (χ2n) is 4.31. The zero-order valence-electron chi connectivity index (χ0n) is 10.0. The van der Waals surface area contributed by atoms with Crippen LogP contribution in [-0.4, -0.2) is 5.88 Å². The van der Waals surface area contributed by atoms with E-state index < -0.39 is 0 Å². The van der Waals surface area contributed by atoms with Crippen molar-refractivity contribution < 1.29 is 0 Å². The van der Waals surface area contributed by atoms with Gasteiger partial charge in [-0.2, -0.15) is 0 Å². The normalized spacial score (nSPS) is 12.4. The molecule has 1 atom stereocenters. The highest BCUT2D eigenvalue weighted by atomic mass is 79.9. The lowest BCUT2D eigenvalue weighted by Crippen LogP contribution is -2.06. The molecule has 100 valence electrons. The SMILES string of the molecule is ClCC(Cc1ccc(Br)cc1Cl)c1ccccc1Br. The summed E-state index contributed by atoms with van der Waals surface area (Å²) in [5, 5.41) is 0.775. The maximum Gasteiger partial charge on any atom is 0.0449 e. The van der Waals surface area contributed by atoms with Gasteiger partial charge >= 0.3 is 0 Å². The Morgan fingerprint density at radius 1 is 1.05 bits per heavy atom. The minimum absolute atomic E-state index is 0.246. The quantitative estimate of drug-likeness (QED) is 0.498. The van der Waals surface area contributed by atoms with Crippen LogP contribution in [0.1, 0.15) is 17.0 Å². The molecule has 0 spiro atoms. The number of hydrogen-bond acceptors (Lipinski definition) is 0. The molecule has 0 fully saturated rings. The van der Waals surface area contributed by atoms with Crippen LogP contribution in [0.3, 0.4) is 0 Å². The molecule has 2 aromatic rings. The van der Waals surface area contributed by atoms with E-state index in [1.807, 2.05) is 36.4 Å². The fraction of sp³-hybridized carbons (Fsp3) is 0.200. The molecule has 0 aromatic heterocycles. The van der Waals surface area contributed by atoms with Crippen molar-refractivity contribution in [1.29, 1.82) is 0 Å². The van der Waals surface area contributed by atoms with Crippen LogP contribution in [0, 0.1) is 0 Å². The summed E-state index contributed by atoms with van der Waals surface area (Å²) in [6.07, 6.45) is 0.832.